The number of ether oxygens (including phenoxy) is 2. The van der Waals surface area contributed by atoms with Gasteiger partial charge < -0.3 is 24.9 Å². The van der Waals surface area contributed by atoms with Crippen LogP contribution in [0.5, 0.6) is 5.75 Å². The van der Waals surface area contributed by atoms with Gasteiger partial charge in [-0.05, 0) is 30.2 Å². The fraction of sp³-hybridized carbons (Fsp3) is 0.318. The molecule has 3 aliphatic rings. The third kappa shape index (κ3) is 1.96. The Hall–Kier alpha value is -3.39. The summed E-state index contributed by atoms with van der Waals surface area (Å²) in [6.07, 6.45) is 0.811. The summed E-state index contributed by atoms with van der Waals surface area (Å²) in [7, 11) is 0. The fourth-order valence-electron chi connectivity index (χ4n) is 4.93. The molecule has 0 spiro atoms. The van der Waals surface area contributed by atoms with E-state index in [1.54, 1.807) is 23.6 Å². The van der Waals surface area contributed by atoms with Crippen molar-refractivity contribution >= 4 is 22.6 Å². The van der Waals surface area contributed by atoms with Crippen molar-refractivity contribution in [2.24, 2.45) is 0 Å². The highest BCUT2D eigenvalue weighted by molar-refractivity contribution is 5.97. The summed E-state index contributed by atoms with van der Waals surface area (Å²) in [5, 5.41) is 11.9. The highest BCUT2D eigenvalue weighted by atomic mass is 16.6. The van der Waals surface area contributed by atoms with Crippen LogP contribution in [0.1, 0.15) is 35.6 Å². The van der Waals surface area contributed by atoms with E-state index in [1.807, 2.05) is 6.07 Å². The quantitative estimate of drug-likeness (QED) is 0.365. The molecule has 8 heteroatoms. The topological polar surface area (TPSA) is 117 Å². The minimum atomic E-state index is -1.83. The van der Waals surface area contributed by atoms with Crippen LogP contribution in [0.4, 0.5) is 5.69 Å². The van der Waals surface area contributed by atoms with Crippen molar-refractivity contribution in [3.8, 4) is 17.1 Å². The van der Waals surface area contributed by atoms with Crippen molar-refractivity contribution in [2.45, 2.75) is 38.5 Å². The van der Waals surface area contributed by atoms with Gasteiger partial charge in [-0.3, -0.25) is 4.79 Å². The Balaban J connectivity index is 1.68. The van der Waals surface area contributed by atoms with E-state index in [4.69, 9.17) is 20.2 Å². The first-order valence-corrected chi connectivity index (χ1v) is 9.98. The molecular weight excluding hydrogens is 386 g/mol. The lowest BCUT2D eigenvalue weighted by Gasteiger charge is -2.31. The van der Waals surface area contributed by atoms with Gasteiger partial charge in [-0.2, -0.15) is 0 Å². The summed E-state index contributed by atoms with van der Waals surface area (Å²) >= 11 is 0. The largest absolute Gasteiger partial charge is 0.490 e. The smallest absolute Gasteiger partial charge is 0.343 e. The molecule has 1 unspecified atom stereocenters. The number of aliphatic hydroxyl groups is 1. The first-order chi connectivity index (χ1) is 14.4. The monoisotopic (exact) mass is 405 g/mol. The summed E-state index contributed by atoms with van der Waals surface area (Å²) < 4.78 is 12.6. The number of hydrogen-bond acceptors (Lipinski definition) is 7. The van der Waals surface area contributed by atoms with Crippen molar-refractivity contribution in [3.63, 3.8) is 0 Å². The maximum atomic E-state index is 13.3. The molecule has 3 aliphatic heterocycles. The van der Waals surface area contributed by atoms with Gasteiger partial charge in [0, 0.05) is 22.9 Å². The van der Waals surface area contributed by atoms with Gasteiger partial charge in [-0.15, -0.1) is 0 Å². The number of benzene rings is 1. The molecule has 0 saturated carbocycles. The van der Waals surface area contributed by atoms with Gasteiger partial charge in [-0.25, -0.2) is 9.78 Å². The summed E-state index contributed by atoms with van der Waals surface area (Å²) in [6, 6.07) is 5.36. The molecule has 0 fully saturated rings. The lowest BCUT2D eigenvalue weighted by molar-refractivity contribution is -0.172. The van der Waals surface area contributed by atoms with Crippen LogP contribution in [0.2, 0.25) is 0 Å². The van der Waals surface area contributed by atoms with E-state index in [2.05, 4.69) is 0 Å². The van der Waals surface area contributed by atoms with Gasteiger partial charge in [0.05, 0.1) is 41.3 Å². The predicted molar refractivity (Wildman–Crippen MR) is 108 cm³/mol. The van der Waals surface area contributed by atoms with Crippen LogP contribution in [-0.2, 0) is 34.7 Å². The second-order valence-corrected chi connectivity index (χ2v) is 8.00. The van der Waals surface area contributed by atoms with Gasteiger partial charge in [0.15, 0.2) is 11.4 Å². The molecule has 5 heterocycles. The average Bonchev–Trinajstić information content (AvgIpc) is 3.13. The number of carbonyl (C=O) groups excluding carboxylic acids is 1. The Labute approximate surface area is 170 Å². The van der Waals surface area contributed by atoms with Gasteiger partial charge >= 0.3 is 5.97 Å². The van der Waals surface area contributed by atoms with E-state index in [0.717, 1.165) is 22.0 Å². The minimum Gasteiger partial charge on any atom is -0.490 e. The third-order valence-electron chi connectivity index (χ3n) is 6.55. The molecule has 0 aliphatic carbocycles. The second kappa shape index (κ2) is 5.60. The van der Waals surface area contributed by atoms with Gasteiger partial charge in [0.2, 0.25) is 0 Å². The van der Waals surface area contributed by atoms with E-state index in [-0.39, 0.29) is 18.6 Å². The van der Waals surface area contributed by atoms with Crippen LogP contribution in [0.3, 0.4) is 0 Å². The number of carbonyl (C=O) groups is 1. The Morgan fingerprint density at radius 3 is 2.87 bits per heavy atom. The Bertz CT molecular complexity index is 1360. The zero-order chi connectivity index (χ0) is 20.8. The number of hydrogen-bond donors (Lipinski definition) is 2. The van der Waals surface area contributed by atoms with Crippen molar-refractivity contribution in [3.05, 3.63) is 50.8 Å². The minimum absolute atomic E-state index is 0.116. The first kappa shape index (κ1) is 17.5. The van der Waals surface area contributed by atoms with Gasteiger partial charge in [0.25, 0.3) is 5.56 Å². The second-order valence-electron chi connectivity index (χ2n) is 8.00. The SMILES string of the molecule is CCC1(O)C(=O)OCc2c1cc1n(c2=O)Cc2c-1nc1ccc(N)c3c1c2CCO3. The number of fused-ring (bicyclic) bond motifs is 5. The molecule has 0 bridgehead atoms. The van der Waals surface area contributed by atoms with Crippen LogP contribution in [0.25, 0.3) is 22.3 Å². The normalized spacial score (nSPS) is 20.9. The number of nitrogen functional groups attached to an aromatic ring is 1. The number of aromatic nitrogens is 2. The molecule has 6 rings (SSSR count). The van der Waals surface area contributed by atoms with Crippen LogP contribution in [0.15, 0.2) is 23.0 Å². The van der Waals surface area contributed by atoms with Crippen molar-refractivity contribution in [1.82, 2.24) is 9.55 Å². The fourth-order valence-corrected chi connectivity index (χ4v) is 4.93. The molecule has 30 heavy (non-hydrogen) atoms. The molecule has 152 valence electrons. The molecule has 3 aromatic rings. The van der Waals surface area contributed by atoms with E-state index < -0.39 is 11.6 Å². The number of nitrogens with two attached hydrogens (primary N) is 1. The van der Waals surface area contributed by atoms with Crippen LogP contribution in [-0.4, -0.2) is 27.2 Å². The highest BCUT2D eigenvalue weighted by Crippen LogP contribution is 2.44. The lowest BCUT2D eigenvalue weighted by atomic mass is 9.86. The molecule has 2 aromatic heterocycles. The first-order valence-electron chi connectivity index (χ1n) is 9.98. The number of anilines is 1. The number of esters is 1. The van der Waals surface area contributed by atoms with Gasteiger partial charge in [0.1, 0.15) is 6.61 Å². The third-order valence-corrected chi connectivity index (χ3v) is 6.55. The molecule has 3 N–H and O–H groups in total. The predicted octanol–water partition coefficient (Wildman–Crippen LogP) is 1.60. The number of pyridine rings is 2. The van der Waals surface area contributed by atoms with Crippen LogP contribution < -0.4 is 16.0 Å². The summed E-state index contributed by atoms with van der Waals surface area (Å²) in [6.45, 7) is 2.44. The van der Waals surface area contributed by atoms with Crippen LogP contribution in [0, 0.1) is 0 Å². The molecule has 0 saturated heterocycles. The zero-order valence-corrected chi connectivity index (χ0v) is 16.3. The summed E-state index contributed by atoms with van der Waals surface area (Å²) in [4.78, 5) is 30.4. The Morgan fingerprint density at radius 2 is 2.07 bits per heavy atom. The standard InChI is InChI=1S/C22H19N3O5/c1-2-22(28)13-7-16-18-11(8-25(16)20(26)12(13)9-30-21(22)27)10-5-6-29-19-14(23)3-4-15(24-18)17(10)19/h3-4,7,28H,2,5-6,8-9,23H2,1H3. The average molecular weight is 405 g/mol. The van der Waals surface area contributed by atoms with Crippen molar-refractivity contribution < 1.29 is 19.4 Å². The zero-order valence-electron chi connectivity index (χ0n) is 16.3. The lowest BCUT2D eigenvalue weighted by Crippen LogP contribution is -2.44. The van der Waals surface area contributed by atoms with Crippen LogP contribution >= 0.6 is 0 Å². The Morgan fingerprint density at radius 1 is 1.23 bits per heavy atom. The van der Waals surface area contributed by atoms with E-state index >= 15 is 0 Å². The molecule has 1 atom stereocenters. The molecule has 1 aromatic carbocycles. The van der Waals surface area contributed by atoms with Crippen molar-refractivity contribution in [1.29, 1.82) is 0 Å². The maximum Gasteiger partial charge on any atom is 0.343 e. The molecular formula is C22H19N3O5. The summed E-state index contributed by atoms with van der Waals surface area (Å²) in [5.74, 6) is -0.0788. The van der Waals surface area contributed by atoms with Gasteiger partial charge in [-0.1, -0.05) is 6.92 Å². The van der Waals surface area contributed by atoms with E-state index in [9.17, 15) is 14.7 Å². The molecule has 0 radical (unpaired) electrons. The molecule has 8 nitrogen and oxygen atoms in total. The van der Waals surface area contributed by atoms with Crippen molar-refractivity contribution in [2.75, 3.05) is 12.3 Å². The number of cyclic esters (lactones) is 1. The Kier molecular flexibility index (Phi) is 3.26. The maximum absolute atomic E-state index is 13.3. The number of rotatable bonds is 1. The van der Waals surface area contributed by atoms with E-state index in [1.165, 1.54) is 0 Å². The summed E-state index contributed by atoms with van der Waals surface area (Å²) in [5.41, 5.74) is 9.34. The van der Waals surface area contributed by atoms with E-state index in [0.29, 0.717) is 53.5 Å². The molecule has 0 amide bonds. The number of nitrogens with zero attached hydrogens (tertiary/aromatic N) is 2. The highest BCUT2D eigenvalue weighted by Gasteiger charge is 2.45.